The first-order chi connectivity index (χ1) is 14.1. The highest BCUT2D eigenvalue weighted by atomic mass is 32.2. The van der Waals surface area contributed by atoms with Crippen LogP contribution in [0.1, 0.15) is 16.1 Å². The molecule has 0 aliphatic rings. The molecule has 2 heterocycles. The number of carbonyl (C=O) groups is 2. The Labute approximate surface area is 169 Å². The van der Waals surface area contributed by atoms with E-state index in [1.54, 1.807) is 30.5 Å². The van der Waals surface area contributed by atoms with Crippen molar-refractivity contribution in [3.63, 3.8) is 0 Å². The summed E-state index contributed by atoms with van der Waals surface area (Å²) in [5.41, 5.74) is 1.05. The van der Waals surface area contributed by atoms with E-state index in [9.17, 15) is 13.8 Å². The Morgan fingerprint density at radius 3 is 2.62 bits per heavy atom. The van der Waals surface area contributed by atoms with E-state index < -0.39 is 22.7 Å². The smallest absolute Gasteiger partial charge is 0.360 e. The molecule has 2 aromatic heterocycles. The molecule has 1 unspecified atom stereocenters. The lowest BCUT2D eigenvalue weighted by Crippen LogP contribution is -2.21. The summed E-state index contributed by atoms with van der Waals surface area (Å²) in [6, 6.07) is 14.5. The first-order valence-electron chi connectivity index (χ1n) is 8.57. The molecule has 3 rings (SSSR count). The molecule has 3 aromatic rings. The van der Waals surface area contributed by atoms with Crippen LogP contribution in [-0.2, 0) is 20.3 Å². The summed E-state index contributed by atoms with van der Waals surface area (Å²) in [5.74, 6) is -1.54. The van der Waals surface area contributed by atoms with Crippen LogP contribution in [0.5, 0.6) is 0 Å². The molecular formula is C20H18N4O4S. The van der Waals surface area contributed by atoms with Crippen molar-refractivity contribution in [2.75, 3.05) is 18.2 Å². The number of anilines is 1. The van der Waals surface area contributed by atoms with E-state index in [-0.39, 0.29) is 17.1 Å². The van der Waals surface area contributed by atoms with E-state index >= 15 is 0 Å². The van der Waals surface area contributed by atoms with Crippen LogP contribution in [0.25, 0.3) is 12.3 Å². The highest BCUT2D eigenvalue weighted by molar-refractivity contribution is 7.85. The van der Waals surface area contributed by atoms with Crippen molar-refractivity contribution in [3.05, 3.63) is 72.2 Å². The second-order valence-electron chi connectivity index (χ2n) is 5.80. The van der Waals surface area contributed by atoms with Gasteiger partial charge in [0, 0.05) is 12.4 Å². The predicted molar refractivity (Wildman–Crippen MR) is 109 cm³/mol. The Bertz CT molecular complexity index is 1050. The standard InChI is InChI=1S/C20H18N4O4S/c1-28-20(26)19-16(13-24(23-19)12-10-15-7-3-2-4-8-15)22-17(25)14-29(27)18-9-5-6-11-21-18/h2-13H,14H2,1H3,(H,22,25). The zero-order valence-electron chi connectivity index (χ0n) is 15.5. The Morgan fingerprint density at radius 1 is 1.17 bits per heavy atom. The van der Waals surface area contributed by atoms with Gasteiger partial charge >= 0.3 is 5.97 Å². The number of nitrogens with one attached hydrogen (secondary N) is 1. The quantitative estimate of drug-likeness (QED) is 0.600. The minimum atomic E-state index is -1.61. The lowest BCUT2D eigenvalue weighted by molar-refractivity contribution is -0.113. The number of rotatable bonds is 7. The van der Waals surface area contributed by atoms with Gasteiger partial charge in [-0.05, 0) is 23.8 Å². The van der Waals surface area contributed by atoms with Crippen molar-refractivity contribution in [1.82, 2.24) is 14.8 Å². The average molecular weight is 410 g/mol. The molecule has 148 valence electrons. The van der Waals surface area contributed by atoms with Gasteiger partial charge in [0.1, 0.15) is 10.8 Å². The molecule has 9 heteroatoms. The summed E-state index contributed by atoms with van der Waals surface area (Å²) in [7, 11) is -0.383. The van der Waals surface area contributed by atoms with E-state index in [0.29, 0.717) is 5.03 Å². The molecule has 0 bridgehead atoms. The number of esters is 1. The van der Waals surface area contributed by atoms with Crippen molar-refractivity contribution in [3.8, 4) is 0 Å². The van der Waals surface area contributed by atoms with Gasteiger partial charge in [0.25, 0.3) is 0 Å². The van der Waals surface area contributed by atoms with Gasteiger partial charge in [0.15, 0.2) is 5.69 Å². The average Bonchev–Trinajstić information content (AvgIpc) is 3.15. The van der Waals surface area contributed by atoms with Crippen molar-refractivity contribution in [2.45, 2.75) is 5.03 Å². The molecule has 0 saturated carbocycles. The Kier molecular flexibility index (Phi) is 6.64. The van der Waals surface area contributed by atoms with Crippen LogP contribution in [0.15, 0.2) is 66.0 Å². The van der Waals surface area contributed by atoms with Crippen LogP contribution in [0.4, 0.5) is 5.69 Å². The molecule has 0 spiro atoms. The lowest BCUT2D eigenvalue weighted by Gasteiger charge is -2.04. The lowest BCUT2D eigenvalue weighted by atomic mass is 10.2. The molecule has 0 aliphatic carbocycles. The summed E-state index contributed by atoms with van der Waals surface area (Å²) < 4.78 is 18.4. The van der Waals surface area contributed by atoms with Crippen LogP contribution in [0, 0.1) is 0 Å². The number of aromatic nitrogens is 3. The first kappa shape index (κ1) is 20.2. The maximum absolute atomic E-state index is 12.3. The fraction of sp³-hybridized carbons (Fsp3) is 0.100. The van der Waals surface area contributed by atoms with Gasteiger partial charge in [0.05, 0.1) is 29.8 Å². The van der Waals surface area contributed by atoms with Crippen LogP contribution in [0.3, 0.4) is 0 Å². The van der Waals surface area contributed by atoms with Crippen molar-refractivity contribution in [2.24, 2.45) is 0 Å². The maximum Gasteiger partial charge on any atom is 0.360 e. The summed E-state index contributed by atoms with van der Waals surface area (Å²) >= 11 is 0. The second-order valence-corrected chi connectivity index (χ2v) is 7.19. The molecule has 29 heavy (non-hydrogen) atoms. The Morgan fingerprint density at radius 2 is 1.93 bits per heavy atom. The summed E-state index contributed by atoms with van der Waals surface area (Å²) in [4.78, 5) is 28.3. The molecule has 1 N–H and O–H groups in total. The van der Waals surface area contributed by atoms with Crippen LogP contribution in [0.2, 0.25) is 0 Å². The highest BCUT2D eigenvalue weighted by Crippen LogP contribution is 2.16. The Balaban J connectivity index is 1.75. The maximum atomic E-state index is 12.3. The van der Waals surface area contributed by atoms with Gasteiger partial charge in [-0.2, -0.15) is 5.10 Å². The predicted octanol–water partition coefficient (Wildman–Crippen LogP) is 2.44. The molecule has 1 atom stereocenters. The molecule has 1 amide bonds. The SMILES string of the molecule is COC(=O)c1nn(C=Cc2ccccc2)cc1NC(=O)CS(=O)c1ccccn1. The third kappa shape index (κ3) is 5.45. The van der Waals surface area contributed by atoms with E-state index in [1.165, 1.54) is 24.2 Å². The van der Waals surface area contributed by atoms with Gasteiger partial charge < -0.3 is 10.1 Å². The highest BCUT2D eigenvalue weighted by Gasteiger charge is 2.20. The summed E-state index contributed by atoms with van der Waals surface area (Å²) in [6.45, 7) is 0. The summed E-state index contributed by atoms with van der Waals surface area (Å²) in [6.07, 6.45) is 6.43. The fourth-order valence-corrected chi connectivity index (χ4v) is 3.26. The van der Waals surface area contributed by atoms with E-state index in [0.717, 1.165) is 5.56 Å². The molecule has 0 fully saturated rings. The number of hydrogen-bond acceptors (Lipinski definition) is 6. The van der Waals surface area contributed by atoms with Crippen molar-refractivity contribution in [1.29, 1.82) is 0 Å². The minimum absolute atomic E-state index is 0.0535. The Hall–Kier alpha value is -3.59. The van der Waals surface area contributed by atoms with Gasteiger partial charge in [-0.15, -0.1) is 0 Å². The molecule has 8 nitrogen and oxygen atoms in total. The van der Waals surface area contributed by atoms with E-state index in [2.05, 4.69) is 15.4 Å². The topological polar surface area (TPSA) is 103 Å². The number of pyridine rings is 1. The van der Waals surface area contributed by atoms with Gasteiger partial charge in [-0.1, -0.05) is 36.4 Å². The number of carbonyl (C=O) groups excluding carboxylic acids is 2. The van der Waals surface area contributed by atoms with Crippen LogP contribution in [-0.4, -0.2) is 43.7 Å². The zero-order valence-corrected chi connectivity index (χ0v) is 16.3. The third-order valence-corrected chi connectivity index (χ3v) is 4.97. The number of methoxy groups -OCH3 is 1. The second kappa shape index (κ2) is 9.56. The third-order valence-electron chi connectivity index (χ3n) is 3.74. The molecule has 0 aliphatic heterocycles. The monoisotopic (exact) mass is 410 g/mol. The van der Waals surface area contributed by atoms with Gasteiger partial charge in [-0.3, -0.25) is 9.00 Å². The van der Waals surface area contributed by atoms with Crippen LogP contribution >= 0.6 is 0 Å². The van der Waals surface area contributed by atoms with Crippen molar-refractivity contribution >= 4 is 40.6 Å². The van der Waals surface area contributed by atoms with E-state index in [4.69, 9.17) is 4.74 Å². The molecule has 1 aromatic carbocycles. The number of hydrogen-bond donors (Lipinski definition) is 1. The largest absolute Gasteiger partial charge is 0.464 e. The van der Waals surface area contributed by atoms with E-state index in [1.807, 2.05) is 30.3 Å². The molecule has 0 saturated heterocycles. The molecular weight excluding hydrogens is 392 g/mol. The number of nitrogens with zero attached hydrogens (tertiary/aromatic N) is 3. The normalized spacial score (nSPS) is 11.9. The van der Waals surface area contributed by atoms with Gasteiger partial charge in [0.2, 0.25) is 5.91 Å². The molecule has 0 radical (unpaired) electrons. The number of amides is 1. The zero-order chi connectivity index (χ0) is 20.6. The number of benzene rings is 1. The first-order valence-corrected chi connectivity index (χ1v) is 9.88. The number of ether oxygens (including phenoxy) is 1. The van der Waals surface area contributed by atoms with Crippen molar-refractivity contribution < 1.29 is 18.5 Å². The fourth-order valence-electron chi connectivity index (χ4n) is 2.39. The van der Waals surface area contributed by atoms with Gasteiger partial charge in [-0.25, -0.2) is 14.5 Å². The summed E-state index contributed by atoms with van der Waals surface area (Å²) in [5, 5.41) is 7.01. The van der Waals surface area contributed by atoms with Crippen LogP contribution < -0.4 is 5.32 Å². The minimum Gasteiger partial charge on any atom is -0.464 e.